The first-order valence-corrected chi connectivity index (χ1v) is 13.2. The molecule has 0 radical (unpaired) electrons. The second-order valence-corrected chi connectivity index (χ2v) is 13.8. The zero-order chi connectivity index (χ0) is 21.9. The van der Waals surface area contributed by atoms with E-state index in [1.165, 1.54) is 0 Å². The van der Waals surface area contributed by atoms with E-state index in [-0.39, 0.29) is 17.5 Å². The fourth-order valence-electron chi connectivity index (χ4n) is 2.76. The molecule has 3 rings (SSSR count). The lowest BCUT2D eigenvalue weighted by atomic mass is 10.1. The predicted octanol–water partition coefficient (Wildman–Crippen LogP) is 5.02. The van der Waals surface area contributed by atoms with Gasteiger partial charge < -0.3 is 14.2 Å². The van der Waals surface area contributed by atoms with Crippen LogP contribution >= 0.6 is 0 Å². The first-order valence-electron chi connectivity index (χ1n) is 10.3. The van der Waals surface area contributed by atoms with Gasteiger partial charge in [-0.15, -0.1) is 0 Å². The first kappa shape index (κ1) is 22.4. The maximum Gasteiger partial charge on any atom is 0.225 e. The molecule has 162 valence electrons. The Kier molecular flexibility index (Phi) is 6.57. The largest absolute Gasteiger partial charge is 0.412 e. The van der Waals surface area contributed by atoms with E-state index in [4.69, 9.17) is 9.26 Å². The summed E-state index contributed by atoms with van der Waals surface area (Å²) in [5.74, 6) is 0.328. The van der Waals surface area contributed by atoms with Gasteiger partial charge in [-0.2, -0.15) is 0 Å². The Labute approximate surface area is 179 Å². The van der Waals surface area contributed by atoms with Crippen molar-refractivity contribution in [2.45, 2.75) is 52.4 Å². The SMILES string of the molecule is CCON=C1CN(c2ncc(-c3cccc(CO[Si](C)(C)C(C)(C)C)c3F)cn2)C1. The van der Waals surface area contributed by atoms with Crippen LogP contribution in [0.4, 0.5) is 10.3 Å². The minimum absolute atomic E-state index is 0.0782. The van der Waals surface area contributed by atoms with Crippen molar-refractivity contribution in [3.63, 3.8) is 0 Å². The number of nitrogens with zero attached hydrogens (tertiary/aromatic N) is 4. The fourth-order valence-corrected chi connectivity index (χ4v) is 3.71. The highest BCUT2D eigenvalue weighted by molar-refractivity contribution is 6.74. The normalized spacial score (nSPS) is 14.5. The Morgan fingerprint density at radius 1 is 1.17 bits per heavy atom. The number of hydrogen-bond donors (Lipinski definition) is 0. The van der Waals surface area contributed by atoms with Gasteiger partial charge in [-0.25, -0.2) is 14.4 Å². The van der Waals surface area contributed by atoms with Crippen LogP contribution in [0.2, 0.25) is 18.1 Å². The van der Waals surface area contributed by atoms with Gasteiger partial charge in [0.15, 0.2) is 8.32 Å². The number of oxime groups is 1. The van der Waals surface area contributed by atoms with Gasteiger partial charge in [-0.05, 0) is 25.1 Å². The molecule has 8 heteroatoms. The maximum absolute atomic E-state index is 15.2. The highest BCUT2D eigenvalue weighted by atomic mass is 28.4. The van der Waals surface area contributed by atoms with Gasteiger partial charge >= 0.3 is 0 Å². The van der Waals surface area contributed by atoms with Gasteiger partial charge in [0.2, 0.25) is 5.95 Å². The summed E-state index contributed by atoms with van der Waals surface area (Å²) < 4.78 is 21.4. The fraction of sp³-hybridized carbons (Fsp3) is 0.500. The second-order valence-electron chi connectivity index (χ2n) is 9.03. The number of benzene rings is 1. The van der Waals surface area contributed by atoms with Crippen LogP contribution in [0.15, 0.2) is 35.7 Å². The lowest BCUT2D eigenvalue weighted by Crippen LogP contribution is -2.48. The summed E-state index contributed by atoms with van der Waals surface area (Å²) in [6, 6.07) is 5.38. The van der Waals surface area contributed by atoms with E-state index in [0.717, 1.165) is 5.71 Å². The molecule has 6 nitrogen and oxygen atoms in total. The van der Waals surface area contributed by atoms with E-state index in [9.17, 15) is 0 Å². The zero-order valence-electron chi connectivity index (χ0n) is 18.7. The zero-order valence-corrected chi connectivity index (χ0v) is 19.7. The number of anilines is 1. The van der Waals surface area contributed by atoms with E-state index >= 15 is 4.39 Å². The summed E-state index contributed by atoms with van der Waals surface area (Å²) in [6.45, 7) is 14.9. The molecule has 1 fully saturated rings. The third kappa shape index (κ3) is 4.87. The summed E-state index contributed by atoms with van der Waals surface area (Å²) >= 11 is 0. The average molecular weight is 431 g/mol. The summed E-state index contributed by atoms with van der Waals surface area (Å²) in [7, 11) is -1.95. The molecule has 30 heavy (non-hydrogen) atoms. The van der Waals surface area contributed by atoms with Gasteiger partial charge in [0.25, 0.3) is 0 Å². The molecule has 0 unspecified atom stereocenters. The molecule has 0 bridgehead atoms. The van der Waals surface area contributed by atoms with E-state index < -0.39 is 8.32 Å². The van der Waals surface area contributed by atoms with Gasteiger partial charge in [0.05, 0.1) is 25.4 Å². The number of rotatable bonds is 7. The van der Waals surface area contributed by atoms with Crippen LogP contribution < -0.4 is 4.90 Å². The predicted molar refractivity (Wildman–Crippen MR) is 121 cm³/mol. The van der Waals surface area contributed by atoms with Crippen molar-refractivity contribution in [1.82, 2.24) is 9.97 Å². The van der Waals surface area contributed by atoms with Crippen LogP contribution in [0.3, 0.4) is 0 Å². The van der Waals surface area contributed by atoms with Crippen LogP contribution in [0, 0.1) is 5.82 Å². The molecular formula is C22H31FN4O2Si. The van der Waals surface area contributed by atoms with E-state index in [1.54, 1.807) is 24.5 Å². The van der Waals surface area contributed by atoms with Crippen LogP contribution in [0.5, 0.6) is 0 Å². The van der Waals surface area contributed by atoms with E-state index in [0.29, 0.717) is 42.3 Å². The molecule has 1 aromatic heterocycles. The first-order chi connectivity index (χ1) is 14.1. The monoisotopic (exact) mass is 430 g/mol. The summed E-state index contributed by atoms with van der Waals surface area (Å²) in [5, 5.41) is 4.10. The Morgan fingerprint density at radius 3 is 2.43 bits per heavy atom. The van der Waals surface area contributed by atoms with E-state index in [1.807, 2.05) is 17.9 Å². The number of hydrogen-bond acceptors (Lipinski definition) is 6. The molecule has 0 saturated carbocycles. The topological polar surface area (TPSA) is 59.8 Å². The Hall–Kier alpha value is -2.32. The van der Waals surface area contributed by atoms with Crippen molar-refractivity contribution in [2.24, 2.45) is 5.16 Å². The third-order valence-electron chi connectivity index (χ3n) is 5.77. The van der Waals surface area contributed by atoms with Gasteiger partial charge in [-0.1, -0.05) is 44.1 Å². The molecule has 1 aromatic carbocycles. The van der Waals surface area contributed by atoms with Gasteiger partial charge in [0.1, 0.15) is 12.4 Å². The van der Waals surface area contributed by atoms with Crippen LogP contribution in [0.25, 0.3) is 11.1 Å². The molecule has 0 amide bonds. The van der Waals surface area contributed by atoms with Crippen molar-refractivity contribution in [1.29, 1.82) is 0 Å². The smallest absolute Gasteiger partial charge is 0.225 e. The van der Waals surface area contributed by atoms with Crippen molar-refractivity contribution in [3.05, 3.63) is 42.0 Å². The quantitative estimate of drug-likeness (QED) is 0.456. The molecule has 1 aliphatic heterocycles. The molecule has 0 aliphatic carbocycles. The molecule has 2 aromatic rings. The van der Waals surface area contributed by atoms with Crippen LogP contribution in [-0.4, -0.2) is 43.7 Å². The highest BCUT2D eigenvalue weighted by Gasteiger charge is 2.37. The molecule has 1 aliphatic rings. The molecule has 1 saturated heterocycles. The Balaban J connectivity index is 1.70. The van der Waals surface area contributed by atoms with Gasteiger partial charge in [0, 0.05) is 29.1 Å². The maximum atomic E-state index is 15.2. The van der Waals surface area contributed by atoms with Crippen molar-refractivity contribution >= 4 is 20.0 Å². The number of halogens is 1. The van der Waals surface area contributed by atoms with Gasteiger partial charge in [-0.3, -0.25) is 0 Å². The Morgan fingerprint density at radius 2 is 1.83 bits per heavy atom. The second kappa shape index (κ2) is 8.81. The highest BCUT2D eigenvalue weighted by Crippen LogP contribution is 2.37. The molecule has 0 atom stereocenters. The number of aromatic nitrogens is 2. The van der Waals surface area contributed by atoms with Crippen LogP contribution in [-0.2, 0) is 15.9 Å². The lowest BCUT2D eigenvalue weighted by Gasteiger charge is -2.36. The van der Waals surface area contributed by atoms with Crippen molar-refractivity contribution in [2.75, 3.05) is 24.6 Å². The third-order valence-corrected chi connectivity index (χ3v) is 10.3. The molecule has 0 N–H and O–H groups in total. The van der Waals surface area contributed by atoms with E-state index in [2.05, 4.69) is 49.0 Å². The van der Waals surface area contributed by atoms with Crippen molar-refractivity contribution in [3.8, 4) is 11.1 Å². The summed E-state index contributed by atoms with van der Waals surface area (Å²) in [6.07, 6.45) is 3.33. The lowest BCUT2D eigenvalue weighted by molar-refractivity contribution is 0.157. The molecular weight excluding hydrogens is 399 g/mol. The Bertz CT molecular complexity index is 902. The standard InChI is InChI=1S/C22H31FN4O2Si/c1-7-28-26-18-13-27(14-18)21-24-11-17(12-25-21)19-10-8-9-16(20(19)23)15-29-30(5,6)22(2,3)4/h8-12H,7,13-15H2,1-6H3. The van der Waals surface area contributed by atoms with Crippen molar-refractivity contribution < 1.29 is 13.7 Å². The minimum atomic E-state index is -1.95. The van der Waals surface area contributed by atoms with Crippen LogP contribution in [0.1, 0.15) is 33.3 Å². The molecule has 2 heterocycles. The average Bonchev–Trinajstić information content (AvgIpc) is 2.66. The summed E-state index contributed by atoms with van der Waals surface area (Å²) in [5.41, 5.74) is 2.65. The minimum Gasteiger partial charge on any atom is -0.412 e. The summed E-state index contributed by atoms with van der Waals surface area (Å²) in [4.78, 5) is 15.9. The molecule has 0 spiro atoms.